The van der Waals surface area contributed by atoms with Gasteiger partial charge in [-0.1, -0.05) is 6.92 Å². The van der Waals surface area contributed by atoms with Crippen LogP contribution in [0.15, 0.2) is 12.1 Å². The molecule has 0 radical (unpaired) electrons. The maximum Gasteiger partial charge on any atom is 0.251 e. The van der Waals surface area contributed by atoms with Crippen molar-refractivity contribution < 1.29 is 4.79 Å². The number of hydrogen-bond acceptors (Lipinski definition) is 4. The number of nitrogen functional groups attached to an aromatic ring is 1. The average molecular weight is 274 g/mol. The van der Waals surface area contributed by atoms with Gasteiger partial charge in [0.2, 0.25) is 0 Å². The summed E-state index contributed by atoms with van der Waals surface area (Å²) in [4.78, 5) is 19.1. The lowest BCUT2D eigenvalue weighted by molar-refractivity contribution is 0.0929. The summed E-state index contributed by atoms with van der Waals surface area (Å²) in [5.74, 6) is 0.399. The first-order valence-corrected chi connectivity index (χ1v) is 7.48. The van der Waals surface area contributed by atoms with Crippen molar-refractivity contribution in [3.05, 3.63) is 23.4 Å². The smallest absolute Gasteiger partial charge is 0.251 e. The third kappa shape index (κ3) is 2.50. The van der Waals surface area contributed by atoms with Crippen LogP contribution in [0.5, 0.6) is 0 Å². The molecule has 2 saturated heterocycles. The maximum atomic E-state index is 12.4. The van der Waals surface area contributed by atoms with Crippen LogP contribution < -0.4 is 11.1 Å². The Labute approximate surface area is 119 Å². The van der Waals surface area contributed by atoms with Crippen molar-refractivity contribution in [2.24, 2.45) is 0 Å². The van der Waals surface area contributed by atoms with Gasteiger partial charge in [-0.3, -0.25) is 9.69 Å². The number of pyridine rings is 1. The summed E-state index contributed by atoms with van der Waals surface area (Å²) in [5.41, 5.74) is 7.26. The van der Waals surface area contributed by atoms with E-state index >= 15 is 0 Å². The zero-order chi connectivity index (χ0) is 14.1. The van der Waals surface area contributed by atoms with Crippen LogP contribution >= 0.6 is 0 Å². The number of aryl methyl sites for hydroxylation is 1. The van der Waals surface area contributed by atoms with Crippen molar-refractivity contribution in [1.29, 1.82) is 0 Å². The molecule has 2 fully saturated rings. The molecule has 0 saturated carbocycles. The van der Waals surface area contributed by atoms with Crippen molar-refractivity contribution >= 4 is 11.7 Å². The number of anilines is 1. The van der Waals surface area contributed by atoms with Gasteiger partial charge in [-0.05, 0) is 44.4 Å². The fraction of sp³-hybridized carbons (Fsp3) is 0.600. The fourth-order valence-electron chi connectivity index (χ4n) is 3.43. The van der Waals surface area contributed by atoms with Crippen LogP contribution in [0.1, 0.15) is 42.2 Å². The number of nitrogens with one attached hydrogen (secondary N) is 1. The van der Waals surface area contributed by atoms with Gasteiger partial charge in [0.25, 0.3) is 5.91 Å². The Balaban J connectivity index is 1.71. The molecule has 5 heteroatoms. The molecule has 2 aliphatic rings. The number of nitrogens with zero attached hydrogens (tertiary/aromatic N) is 2. The van der Waals surface area contributed by atoms with Gasteiger partial charge in [0.1, 0.15) is 5.82 Å². The summed E-state index contributed by atoms with van der Waals surface area (Å²) < 4.78 is 0. The molecule has 1 aromatic heterocycles. The second-order valence-corrected chi connectivity index (χ2v) is 5.74. The lowest BCUT2D eigenvalue weighted by Gasteiger charge is -2.21. The molecule has 108 valence electrons. The number of nitrogens with two attached hydrogens (primary N) is 1. The Morgan fingerprint density at radius 2 is 2.30 bits per heavy atom. The molecule has 3 heterocycles. The normalized spacial score (nSPS) is 25.6. The summed E-state index contributed by atoms with van der Waals surface area (Å²) in [6.07, 6.45) is 4.28. The largest absolute Gasteiger partial charge is 0.384 e. The zero-order valence-corrected chi connectivity index (χ0v) is 11.9. The van der Waals surface area contributed by atoms with Crippen LogP contribution in [0.4, 0.5) is 5.82 Å². The third-order valence-corrected chi connectivity index (χ3v) is 4.45. The van der Waals surface area contributed by atoms with Crippen molar-refractivity contribution in [3.63, 3.8) is 0 Å². The Hall–Kier alpha value is -1.62. The topological polar surface area (TPSA) is 71.2 Å². The molecule has 3 rings (SSSR count). The molecule has 3 N–H and O–H groups in total. The van der Waals surface area contributed by atoms with Gasteiger partial charge in [0, 0.05) is 29.9 Å². The molecule has 0 spiro atoms. The van der Waals surface area contributed by atoms with Crippen LogP contribution in [0.3, 0.4) is 0 Å². The number of aromatic nitrogens is 1. The van der Waals surface area contributed by atoms with Crippen molar-refractivity contribution in [1.82, 2.24) is 15.2 Å². The molecule has 5 nitrogen and oxygen atoms in total. The van der Waals surface area contributed by atoms with E-state index in [4.69, 9.17) is 5.73 Å². The molecular formula is C15H22N4O. The minimum Gasteiger partial charge on any atom is -0.384 e. The van der Waals surface area contributed by atoms with Gasteiger partial charge in [0.05, 0.1) is 0 Å². The van der Waals surface area contributed by atoms with Crippen molar-refractivity contribution in [2.75, 3.05) is 18.8 Å². The number of fused-ring (bicyclic) bond motifs is 1. The highest BCUT2D eigenvalue weighted by atomic mass is 16.1. The first kappa shape index (κ1) is 13.4. The highest BCUT2D eigenvalue weighted by Gasteiger charge is 2.37. The Bertz CT molecular complexity index is 517. The van der Waals surface area contributed by atoms with Gasteiger partial charge >= 0.3 is 0 Å². The van der Waals surface area contributed by atoms with E-state index in [0.717, 1.165) is 25.1 Å². The SMILES string of the molecule is CCc1cc(C(=O)NC2CCN3CCCC23)cc(N)n1. The molecular weight excluding hydrogens is 252 g/mol. The van der Waals surface area contributed by atoms with E-state index < -0.39 is 0 Å². The quantitative estimate of drug-likeness (QED) is 0.868. The summed E-state index contributed by atoms with van der Waals surface area (Å²) in [6.45, 7) is 4.30. The van der Waals surface area contributed by atoms with Crippen LogP contribution in [-0.4, -0.2) is 41.0 Å². The minimum absolute atomic E-state index is 0.0208. The number of rotatable bonds is 3. The van der Waals surface area contributed by atoms with Gasteiger partial charge < -0.3 is 11.1 Å². The molecule has 1 aromatic rings. The predicted molar refractivity (Wildman–Crippen MR) is 78.5 cm³/mol. The van der Waals surface area contributed by atoms with Crippen LogP contribution in [0.2, 0.25) is 0 Å². The van der Waals surface area contributed by atoms with Gasteiger partial charge in [0.15, 0.2) is 0 Å². The van der Waals surface area contributed by atoms with Gasteiger partial charge in [-0.2, -0.15) is 0 Å². The van der Waals surface area contributed by atoms with E-state index in [1.165, 1.54) is 19.4 Å². The Morgan fingerprint density at radius 1 is 1.45 bits per heavy atom. The van der Waals surface area contributed by atoms with Crippen LogP contribution in [0.25, 0.3) is 0 Å². The second kappa shape index (κ2) is 5.40. The predicted octanol–water partition coefficient (Wildman–Crippen LogP) is 1.19. The highest BCUT2D eigenvalue weighted by Crippen LogP contribution is 2.28. The molecule has 20 heavy (non-hydrogen) atoms. The number of carbonyl (C=O) groups excluding carboxylic acids is 1. The number of hydrogen-bond donors (Lipinski definition) is 2. The zero-order valence-electron chi connectivity index (χ0n) is 11.9. The maximum absolute atomic E-state index is 12.4. The third-order valence-electron chi connectivity index (χ3n) is 4.45. The van der Waals surface area contributed by atoms with Crippen molar-refractivity contribution in [3.8, 4) is 0 Å². The van der Waals surface area contributed by atoms with Gasteiger partial charge in [-0.15, -0.1) is 0 Å². The van der Waals surface area contributed by atoms with Gasteiger partial charge in [-0.25, -0.2) is 4.98 Å². The van der Waals surface area contributed by atoms with E-state index in [9.17, 15) is 4.79 Å². The molecule has 2 atom stereocenters. The van der Waals surface area contributed by atoms with E-state index in [1.54, 1.807) is 6.07 Å². The summed E-state index contributed by atoms with van der Waals surface area (Å²) in [5, 5.41) is 3.18. The monoisotopic (exact) mass is 274 g/mol. The Morgan fingerprint density at radius 3 is 3.10 bits per heavy atom. The highest BCUT2D eigenvalue weighted by molar-refractivity contribution is 5.95. The molecule has 0 aliphatic carbocycles. The first-order chi connectivity index (χ1) is 9.67. The number of amides is 1. The molecule has 2 unspecified atom stereocenters. The Kier molecular flexibility index (Phi) is 3.61. The van der Waals surface area contributed by atoms with E-state index in [-0.39, 0.29) is 11.9 Å². The fourth-order valence-corrected chi connectivity index (χ4v) is 3.43. The lowest BCUT2D eigenvalue weighted by atomic mass is 10.1. The first-order valence-electron chi connectivity index (χ1n) is 7.48. The molecule has 0 aromatic carbocycles. The summed E-state index contributed by atoms with van der Waals surface area (Å²) in [6, 6.07) is 4.32. The minimum atomic E-state index is -0.0208. The molecule has 0 bridgehead atoms. The summed E-state index contributed by atoms with van der Waals surface area (Å²) in [7, 11) is 0. The standard InChI is InChI=1S/C15H22N4O/c1-2-11-8-10(9-14(16)17-11)15(20)18-12-5-7-19-6-3-4-13(12)19/h8-9,12-13H,2-7H2,1H3,(H2,16,17)(H,18,20). The molecule has 1 amide bonds. The average Bonchev–Trinajstić information content (AvgIpc) is 3.03. The van der Waals surface area contributed by atoms with E-state index in [0.29, 0.717) is 17.4 Å². The molecule has 2 aliphatic heterocycles. The van der Waals surface area contributed by atoms with E-state index in [2.05, 4.69) is 15.2 Å². The number of carbonyl (C=O) groups is 1. The second-order valence-electron chi connectivity index (χ2n) is 5.74. The van der Waals surface area contributed by atoms with Crippen molar-refractivity contribution in [2.45, 2.75) is 44.7 Å². The lowest BCUT2D eigenvalue weighted by Crippen LogP contribution is -2.42. The van der Waals surface area contributed by atoms with Crippen LogP contribution in [0, 0.1) is 0 Å². The van der Waals surface area contributed by atoms with Crippen LogP contribution in [-0.2, 0) is 6.42 Å². The summed E-state index contributed by atoms with van der Waals surface area (Å²) >= 11 is 0. The van der Waals surface area contributed by atoms with E-state index in [1.807, 2.05) is 13.0 Å².